The first-order chi connectivity index (χ1) is 11.9. The van der Waals surface area contributed by atoms with Crippen LogP contribution in [-0.2, 0) is 14.8 Å². The van der Waals surface area contributed by atoms with Crippen molar-refractivity contribution in [1.82, 2.24) is 14.9 Å². The van der Waals surface area contributed by atoms with Crippen LogP contribution < -0.4 is 19.5 Å². The van der Waals surface area contributed by atoms with E-state index in [-0.39, 0.29) is 22.6 Å². The largest absolute Gasteiger partial charge is 0.497 e. The Bertz CT molecular complexity index is 700. The van der Waals surface area contributed by atoms with E-state index < -0.39 is 10.0 Å². The van der Waals surface area contributed by atoms with Crippen molar-refractivity contribution in [3.63, 3.8) is 0 Å². The van der Waals surface area contributed by atoms with Gasteiger partial charge in [0, 0.05) is 32.2 Å². The fourth-order valence-electron chi connectivity index (χ4n) is 2.77. The van der Waals surface area contributed by atoms with Crippen LogP contribution in [-0.4, -0.2) is 66.2 Å². The molecular formula is C16H25N3O5S. The Hall–Kier alpha value is -1.84. The highest BCUT2D eigenvalue weighted by Crippen LogP contribution is 2.28. The van der Waals surface area contributed by atoms with Crippen LogP contribution in [0.5, 0.6) is 11.5 Å². The maximum Gasteiger partial charge on any atom is 0.244 e. The molecule has 0 bridgehead atoms. The lowest BCUT2D eigenvalue weighted by Crippen LogP contribution is -2.47. The van der Waals surface area contributed by atoms with Crippen molar-refractivity contribution in [3.8, 4) is 11.5 Å². The van der Waals surface area contributed by atoms with Crippen LogP contribution in [0.1, 0.15) is 12.8 Å². The minimum Gasteiger partial charge on any atom is -0.497 e. The third-order valence-corrected chi connectivity index (χ3v) is 5.76. The average Bonchev–Trinajstić information content (AvgIpc) is 2.62. The maximum absolute atomic E-state index is 12.7. The predicted molar refractivity (Wildman–Crippen MR) is 93.4 cm³/mol. The molecule has 2 rings (SSSR count). The summed E-state index contributed by atoms with van der Waals surface area (Å²) < 4.78 is 38.5. The van der Waals surface area contributed by atoms with Gasteiger partial charge in [-0.25, -0.2) is 13.1 Å². The van der Waals surface area contributed by atoms with Gasteiger partial charge in [0.25, 0.3) is 0 Å². The van der Waals surface area contributed by atoms with Gasteiger partial charge in [-0.15, -0.1) is 0 Å². The zero-order valence-electron chi connectivity index (χ0n) is 14.7. The normalized spacial score (nSPS) is 16.4. The van der Waals surface area contributed by atoms with Crippen LogP contribution in [0.3, 0.4) is 0 Å². The molecule has 0 aliphatic carbocycles. The number of likely N-dealkylation sites (tertiary alicyclic amines) is 1. The molecule has 2 N–H and O–H groups in total. The SMILES string of the molecule is CNC(=O)CN1CCC(NS(=O)(=O)c2cc(OC)ccc2OC)CC1. The number of amides is 1. The van der Waals surface area contributed by atoms with Crippen molar-refractivity contribution in [3.05, 3.63) is 18.2 Å². The summed E-state index contributed by atoms with van der Waals surface area (Å²) >= 11 is 0. The molecule has 0 saturated carbocycles. The third-order valence-electron chi connectivity index (χ3n) is 4.22. The number of sulfonamides is 1. The van der Waals surface area contributed by atoms with Crippen LogP contribution in [0.2, 0.25) is 0 Å². The fraction of sp³-hybridized carbons (Fsp3) is 0.562. The van der Waals surface area contributed by atoms with Gasteiger partial charge < -0.3 is 14.8 Å². The summed E-state index contributed by atoms with van der Waals surface area (Å²) in [6.07, 6.45) is 1.28. The molecule has 0 unspecified atom stereocenters. The number of piperidine rings is 1. The van der Waals surface area contributed by atoms with E-state index in [1.807, 2.05) is 4.90 Å². The van der Waals surface area contributed by atoms with Crippen molar-refractivity contribution >= 4 is 15.9 Å². The number of carbonyl (C=O) groups excluding carboxylic acids is 1. The summed E-state index contributed by atoms with van der Waals surface area (Å²) in [5.74, 6) is 0.673. The minimum absolute atomic E-state index is 0.0415. The third kappa shape index (κ3) is 5.07. The molecule has 140 valence electrons. The molecule has 0 aromatic heterocycles. The Kier molecular flexibility index (Phi) is 6.63. The lowest BCUT2D eigenvalue weighted by atomic mass is 10.1. The Balaban J connectivity index is 2.04. The van der Waals surface area contributed by atoms with E-state index in [9.17, 15) is 13.2 Å². The number of nitrogens with one attached hydrogen (secondary N) is 2. The van der Waals surface area contributed by atoms with Gasteiger partial charge in [-0.2, -0.15) is 0 Å². The number of ether oxygens (including phenoxy) is 2. The van der Waals surface area contributed by atoms with E-state index in [4.69, 9.17) is 9.47 Å². The lowest BCUT2D eigenvalue weighted by molar-refractivity contribution is -0.122. The van der Waals surface area contributed by atoms with E-state index >= 15 is 0 Å². The number of rotatable bonds is 7. The van der Waals surface area contributed by atoms with Crippen LogP contribution in [0.15, 0.2) is 23.1 Å². The zero-order valence-corrected chi connectivity index (χ0v) is 15.6. The second-order valence-electron chi connectivity index (χ2n) is 5.86. The van der Waals surface area contributed by atoms with Crippen molar-refractivity contribution in [2.75, 3.05) is 40.9 Å². The number of hydrogen-bond acceptors (Lipinski definition) is 6. The molecular weight excluding hydrogens is 346 g/mol. The van der Waals surface area contributed by atoms with E-state index in [2.05, 4.69) is 10.0 Å². The molecule has 0 atom stereocenters. The molecule has 8 nitrogen and oxygen atoms in total. The standard InChI is InChI=1S/C16H25N3O5S/c1-17-16(20)11-19-8-6-12(7-9-19)18-25(21,22)15-10-13(23-2)4-5-14(15)24-3/h4-5,10,12,18H,6-9,11H2,1-3H3,(H,17,20). The number of likely N-dealkylation sites (N-methyl/N-ethyl adjacent to an activating group) is 1. The average molecular weight is 371 g/mol. The molecule has 25 heavy (non-hydrogen) atoms. The number of hydrogen-bond donors (Lipinski definition) is 2. The van der Waals surface area contributed by atoms with Crippen LogP contribution in [0.25, 0.3) is 0 Å². The Labute approximate surface area is 148 Å². The lowest BCUT2D eigenvalue weighted by Gasteiger charge is -2.31. The highest BCUT2D eigenvalue weighted by Gasteiger charge is 2.27. The molecule has 0 spiro atoms. The predicted octanol–water partition coefficient (Wildman–Crippen LogP) is 0.193. The van der Waals surface area contributed by atoms with E-state index in [0.717, 1.165) is 0 Å². The zero-order chi connectivity index (χ0) is 18.4. The summed E-state index contributed by atoms with van der Waals surface area (Å²) in [4.78, 5) is 13.5. The van der Waals surface area contributed by atoms with Gasteiger partial charge in [-0.1, -0.05) is 0 Å². The molecule has 1 amide bonds. The molecule has 1 aliphatic heterocycles. The number of benzene rings is 1. The minimum atomic E-state index is -3.73. The molecule has 1 aromatic rings. The van der Waals surface area contributed by atoms with Gasteiger partial charge in [0.15, 0.2) is 0 Å². The van der Waals surface area contributed by atoms with E-state index in [0.29, 0.717) is 38.2 Å². The Morgan fingerprint density at radius 3 is 2.48 bits per heavy atom. The van der Waals surface area contributed by atoms with Crippen molar-refractivity contribution in [2.45, 2.75) is 23.8 Å². The summed E-state index contributed by atoms with van der Waals surface area (Å²) in [6, 6.07) is 4.48. The summed E-state index contributed by atoms with van der Waals surface area (Å²) in [5.41, 5.74) is 0. The fourth-order valence-corrected chi connectivity index (χ4v) is 4.26. The second kappa shape index (κ2) is 8.50. The van der Waals surface area contributed by atoms with Gasteiger partial charge in [-0.05, 0) is 25.0 Å². The number of carbonyl (C=O) groups is 1. The van der Waals surface area contributed by atoms with Gasteiger partial charge >= 0.3 is 0 Å². The van der Waals surface area contributed by atoms with Gasteiger partial charge in [0.05, 0.1) is 20.8 Å². The molecule has 1 aliphatic rings. The van der Waals surface area contributed by atoms with Crippen molar-refractivity contribution in [2.24, 2.45) is 0 Å². The quantitative estimate of drug-likeness (QED) is 0.710. The molecule has 1 saturated heterocycles. The summed E-state index contributed by atoms with van der Waals surface area (Å²) in [7, 11) is 0.777. The van der Waals surface area contributed by atoms with Gasteiger partial charge in [-0.3, -0.25) is 9.69 Å². The van der Waals surface area contributed by atoms with Crippen LogP contribution in [0, 0.1) is 0 Å². The Morgan fingerprint density at radius 1 is 1.24 bits per heavy atom. The van der Waals surface area contributed by atoms with Crippen molar-refractivity contribution < 1.29 is 22.7 Å². The highest BCUT2D eigenvalue weighted by atomic mass is 32.2. The van der Waals surface area contributed by atoms with Gasteiger partial charge in [0.1, 0.15) is 16.4 Å². The molecule has 9 heteroatoms. The van der Waals surface area contributed by atoms with E-state index in [1.54, 1.807) is 19.2 Å². The molecule has 0 radical (unpaired) electrons. The first-order valence-corrected chi connectivity index (χ1v) is 9.55. The summed E-state index contributed by atoms with van der Waals surface area (Å²) in [6.45, 7) is 1.66. The Morgan fingerprint density at radius 2 is 1.92 bits per heavy atom. The van der Waals surface area contributed by atoms with Crippen LogP contribution in [0.4, 0.5) is 0 Å². The number of nitrogens with zero attached hydrogens (tertiary/aromatic N) is 1. The first kappa shape index (κ1) is 19.5. The van der Waals surface area contributed by atoms with Gasteiger partial charge in [0.2, 0.25) is 15.9 Å². The first-order valence-electron chi connectivity index (χ1n) is 8.07. The maximum atomic E-state index is 12.7. The molecule has 1 heterocycles. The monoisotopic (exact) mass is 371 g/mol. The van der Waals surface area contributed by atoms with E-state index in [1.165, 1.54) is 20.3 Å². The smallest absolute Gasteiger partial charge is 0.244 e. The molecule has 1 aromatic carbocycles. The molecule has 1 fully saturated rings. The topological polar surface area (TPSA) is 97.0 Å². The van der Waals surface area contributed by atoms with Crippen molar-refractivity contribution in [1.29, 1.82) is 0 Å². The van der Waals surface area contributed by atoms with Crippen LogP contribution >= 0.6 is 0 Å². The second-order valence-corrected chi connectivity index (χ2v) is 7.54. The summed E-state index contributed by atoms with van der Waals surface area (Å²) in [5, 5.41) is 2.59. The number of methoxy groups -OCH3 is 2. The highest BCUT2D eigenvalue weighted by molar-refractivity contribution is 7.89.